The minimum Gasteiger partial charge on any atom is -0.497 e. The van der Waals surface area contributed by atoms with Gasteiger partial charge in [-0.3, -0.25) is 9.59 Å². The average molecular weight is 474 g/mol. The molecule has 1 aliphatic heterocycles. The summed E-state index contributed by atoms with van der Waals surface area (Å²) in [4.78, 5) is 28.9. The second kappa shape index (κ2) is 11.0. The van der Waals surface area contributed by atoms with Gasteiger partial charge in [-0.1, -0.05) is 54.2 Å². The molecule has 0 spiro atoms. The van der Waals surface area contributed by atoms with E-state index >= 15 is 0 Å². The van der Waals surface area contributed by atoms with Crippen molar-refractivity contribution in [2.75, 3.05) is 32.6 Å². The van der Waals surface area contributed by atoms with Gasteiger partial charge in [-0.2, -0.15) is 0 Å². The summed E-state index contributed by atoms with van der Waals surface area (Å²) in [6, 6.07) is 23.1. The molecule has 0 radical (unpaired) electrons. The van der Waals surface area contributed by atoms with E-state index in [0.29, 0.717) is 22.7 Å². The molecule has 174 valence electrons. The summed E-state index contributed by atoms with van der Waals surface area (Å²) in [7, 11) is 3.65. The third-order valence-electron chi connectivity index (χ3n) is 5.42. The van der Waals surface area contributed by atoms with Crippen LogP contribution in [0.5, 0.6) is 5.75 Å². The molecule has 0 atom stereocenters. The summed E-state index contributed by atoms with van der Waals surface area (Å²) in [5.41, 5.74) is 3.32. The first-order valence-corrected chi connectivity index (χ1v) is 11.8. The van der Waals surface area contributed by atoms with Gasteiger partial charge in [0.25, 0.3) is 11.8 Å². The lowest BCUT2D eigenvalue weighted by Crippen LogP contribution is -2.32. The Hall–Kier alpha value is -3.55. The standard InChI is InChI=1S/C27H27N3O3S/c1-30(18-20-6-4-3-5-7-20)15-14-28-26(31)21-10-13-24-23(17-21)29-27(32)25(34-24)16-19-8-11-22(33-2)12-9-19/h3-13,16-17H,14-15,18H2,1-2H3,(H,28,31)(H,29,32). The van der Waals surface area contributed by atoms with Gasteiger partial charge in [-0.15, -0.1) is 0 Å². The second-order valence-electron chi connectivity index (χ2n) is 8.03. The van der Waals surface area contributed by atoms with Crippen LogP contribution in [-0.4, -0.2) is 44.0 Å². The highest BCUT2D eigenvalue weighted by atomic mass is 32.2. The molecule has 1 aliphatic rings. The van der Waals surface area contributed by atoms with E-state index in [1.807, 2.05) is 61.7 Å². The number of methoxy groups -OCH3 is 1. The zero-order valence-electron chi connectivity index (χ0n) is 19.2. The first kappa shape index (κ1) is 23.6. The number of ether oxygens (including phenoxy) is 1. The molecule has 2 N–H and O–H groups in total. The zero-order valence-corrected chi connectivity index (χ0v) is 20.0. The number of carbonyl (C=O) groups excluding carboxylic acids is 2. The van der Waals surface area contributed by atoms with Crippen molar-refractivity contribution < 1.29 is 14.3 Å². The molecule has 7 heteroatoms. The lowest BCUT2D eigenvalue weighted by Gasteiger charge is -2.20. The summed E-state index contributed by atoms with van der Waals surface area (Å²) in [5, 5.41) is 5.87. The highest BCUT2D eigenvalue weighted by Crippen LogP contribution is 2.39. The first-order valence-electron chi connectivity index (χ1n) is 11.0. The molecule has 2 amide bonds. The van der Waals surface area contributed by atoms with Crippen molar-refractivity contribution in [3.05, 3.63) is 94.4 Å². The highest BCUT2D eigenvalue weighted by Gasteiger charge is 2.22. The van der Waals surface area contributed by atoms with Gasteiger partial charge in [0.2, 0.25) is 0 Å². The van der Waals surface area contributed by atoms with Gasteiger partial charge in [0, 0.05) is 30.1 Å². The van der Waals surface area contributed by atoms with Crippen LogP contribution in [0.1, 0.15) is 21.5 Å². The van der Waals surface area contributed by atoms with E-state index in [2.05, 4.69) is 27.7 Å². The second-order valence-corrected chi connectivity index (χ2v) is 9.11. The maximum atomic E-state index is 12.6. The molecule has 3 aromatic rings. The first-order chi connectivity index (χ1) is 16.5. The van der Waals surface area contributed by atoms with Crippen LogP contribution in [-0.2, 0) is 11.3 Å². The number of nitrogens with zero attached hydrogens (tertiary/aromatic N) is 1. The summed E-state index contributed by atoms with van der Waals surface area (Å²) < 4.78 is 5.18. The van der Waals surface area contributed by atoms with Gasteiger partial charge in [0.15, 0.2) is 0 Å². The van der Waals surface area contributed by atoms with Crippen molar-refractivity contribution in [3.63, 3.8) is 0 Å². The van der Waals surface area contributed by atoms with Gasteiger partial charge < -0.3 is 20.3 Å². The van der Waals surface area contributed by atoms with E-state index in [1.165, 1.54) is 17.3 Å². The van der Waals surface area contributed by atoms with E-state index in [0.717, 1.165) is 29.3 Å². The molecule has 3 aromatic carbocycles. The topological polar surface area (TPSA) is 70.7 Å². The highest BCUT2D eigenvalue weighted by molar-refractivity contribution is 8.04. The Bertz CT molecular complexity index is 1190. The van der Waals surface area contributed by atoms with Crippen molar-refractivity contribution in [3.8, 4) is 5.75 Å². The van der Waals surface area contributed by atoms with Crippen molar-refractivity contribution in [1.82, 2.24) is 10.2 Å². The minimum absolute atomic E-state index is 0.158. The predicted octanol–water partition coefficient (Wildman–Crippen LogP) is 4.64. The van der Waals surface area contributed by atoms with Crippen molar-refractivity contribution in [1.29, 1.82) is 0 Å². The summed E-state index contributed by atoms with van der Waals surface area (Å²) >= 11 is 1.39. The number of amides is 2. The molecule has 0 saturated carbocycles. The molecule has 0 aliphatic carbocycles. The quantitative estimate of drug-likeness (QED) is 0.467. The van der Waals surface area contributed by atoms with Crippen molar-refractivity contribution in [2.45, 2.75) is 11.4 Å². The number of carbonyl (C=O) groups is 2. The number of hydrogen-bond donors (Lipinski definition) is 2. The molecule has 4 rings (SSSR count). The SMILES string of the molecule is COc1ccc(C=C2Sc3ccc(C(=O)NCCN(C)Cc4ccccc4)cc3NC2=O)cc1. The lowest BCUT2D eigenvalue weighted by atomic mass is 10.1. The fraction of sp³-hybridized carbons (Fsp3) is 0.185. The third kappa shape index (κ3) is 6.07. The van der Waals surface area contributed by atoms with Crippen molar-refractivity contribution >= 4 is 35.3 Å². The van der Waals surface area contributed by atoms with Gasteiger partial charge in [0.1, 0.15) is 5.75 Å². The summed E-state index contributed by atoms with van der Waals surface area (Å²) in [5.74, 6) is 0.421. The number of anilines is 1. The molecular weight excluding hydrogens is 446 g/mol. The van der Waals surface area contributed by atoms with Crippen LogP contribution in [0.25, 0.3) is 6.08 Å². The number of thioether (sulfide) groups is 1. The van der Waals surface area contributed by atoms with Gasteiger partial charge in [-0.05, 0) is 54.6 Å². The number of rotatable bonds is 8. The van der Waals surface area contributed by atoms with Crippen LogP contribution in [0.3, 0.4) is 0 Å². The van der Waals surface area contributed by atoms with Crippen LogP contribution in [0, 0.1) is 0 Å². The van der Waals surface area contributed by atoms with E-state index in [4.69, 9.17) is 4.74 Å². The smallest absolute Gasteiger partial charge is 0.262 e. The Kier molecular flexibility index (Phi) is 7.67. The number of likely N-dealkylation sites (N-methyl/N-ethyl adjacent to an activating group) is 1. The monoisotopic (exact) mass is 473 g/mol. The van der Waals surface area contributed by atoms with Crippen LogP contribution < -0.4 is 15.4 Å². The molecule has 0 unspecified atom stereocenters. The largest absolute Gasteiger partial charge is 0.497 e. The van der Waals surface area contributed by atoms with Gasteiger partial charge >= 0.3 is 0 Å². The van der Waals surface area contributed by atoms with E-state index in [1.54, 1.807) is 19.2 Å². The predicted molar refractivity (Wildman–Crippen MR) is 137 cm³/mol. The van der Waals surface area contributed by atoms with E-state index < -0.39 is 0 Å². The molecule has 0 fully saturated rings. The molecule has 34 heavy (non-hydrogen) atoms. The number of nitrogens with one attached hydrogen (secondary N) is 2. The Morgan fingerprint density at radius 1 is 1.09 bits per heavy atom. The Morgan fingerprint density at radius 3 is 2.59 bits per heavy atom. The summed E-state index contributed by atoms with van der Waals surface area (Å²) in [6.45, 7) is 2.10. The molecule has 0 aromatic heterocycles. The number of benzene rings is 3. The van der Waals surface area contributed by atoms with E-state index in [-0.39, 0.29) is 11.8 Å². The Balaban J connectivity index is 1.34. The average Bonchev–Trinajstić information content (AvgIpc) is 2.85. The van der Waals surface area contributed by atoms with Gasteiger partial charge in [0.05, 0.1) is 17.7 Å². The minimum atomic E-state index is -0.187. The molecule has 0 bridgehead atoms. The fourth-order valence-electron chi connectivity index (χ4n) is 3.59. The Labute approximate surface area is 204 Å². The zero-order chi connectivity index (χ0) is 23.9. The van der Waals surface area contributed by atoms with Crippen LogP contribution >= 0.6 is 11.8 Å². The van der Waals surface area contributed by atoms with Crippen LogP contribution in [0.4, 0.5) is 5.69 Å². The van der Waals surface area contributed by atoms with E-state index in [9.17, 15) is 9.59 Å². The Morgan fingerprint density at radius 2 is 1.85 bits per heavy atom. The lowest BCUT2D eigenvalue weighted by molar-refractivity contribution is -0.112. The molecular formula is C27H27N3O3S. The number of hydrogen-bond acceptors (Lipinski definition) is 5. The van der Waals surface area contributed by atoms with Crippen LogP contribution in [0.15, 0.2) is 82.6 Å². The third-order valence-corrected chi connectivity index (χ3v) is 6.52. The number of fused-ring (bicyclic) bond motifs is 1. The molecule has 6 nitrogen and oxygen atoms in total. The molecule has 1 heterocycles. The molecule has 0 saturated heterocycles. The van der Waals surface area contributed by atoms with Gasteiger partial charge in [-0.25, -0.2) is 0 Å². The maximum absolute atomic E-state index is 12.6. The normalized spacial score (nSPS) is 14.0. The summed E-state index contributed by atoms with van der Waals surface area (Å²) in [6.07, 6.45) is 1.84. The van der Waals surface area contributed by atoms with Crippen molar-refractivity contribution in [2.24, 2.45) is 0 Å². The maximum Gasteiger partial charge on any atom is 0.262 e. The fourth-order valence-corrected chi connectivity index (χ4v) is 4.52. The van der Waals surface area contributed by atoms with Crippen LogP contribution in [0.2, 0.25) is 0 Å².